The molecule has 3 aromatic carbocycles. The predicted octanol–water partition coefficient (Wildman–Crippen LogP) is 4.46. The van der Waals surface area contributed by atoms with E-state index < -0.39 is 34.1 Å². The third kappa shape index (κ3) is 5.31. The minimum atomic E-state index is -4.19. The number of halogens is 3. The third-order valence-corrected chi connectivity index (χ3v) is 6.33. The van der Waals surface area contributed by atoms with Crippen LogP contribution in [0.1, 0.15) is 0 Å². The Morgan fingerprint density at radius 3 is 2.26 bits per heavy atom. The van der Waals surface area contributed by atoms with Crippen molar-refractivity contribution in [3.8, 4) is 5.75 Å². The number of hydrogen-bond donors (Lipinski definition) is 1. The highest BCUT2D eigenvalue weighted by Gasteiger charge is 2.27. The molecule has 162 valence electrons. The SMILES string of the molecule is COc1ccc(S(=O)(=O)N(CC(=O)Nc2ccc(F)c(Cl)c2)c2ccc(F)cc2)cc1. The summed E-state index contributed by atoms with van der Waals surface area (Å²) in [5, 5.41) is 2.28. The Bertz CT molecular complexity index is 1190. The molecule has 0 aliphatic carbocycles. The lowest BCUT2D eigenvalue weighted by Gasteiger charge is -2.24. The standard InChI is InChI=1S/C21H17ClF2N2O4S/c1-30-17-7-9-18(10-8-17)31(28,29)26(16-5-2-14(23)3-6-16)13-21(27)25-15-4-11-20(24)19(22)12-15/h2-12H,13H2,1H3,(H,25,27). The van der Waals surface area contributed by atoms with E-state index in [1.165, 1.54) is 55.6 Å². The van der Waals surface area contributed by atoms with Gasteiger partial charge < -0.3 is 10.1 Å². The molecule has 10 heteroatoms. The second-order valence-corrected chi connectivity index (χ2v) is 8.61. The van der Waals surface area contributed by atoms with Crippen LogP contribution in [0.3, 0.4) is 0 Å². The molecule has 0 aromatic heterocycles. The number of amides is 1. The lowest BCUT2D eigenvalue weighted by molar-refractivity contribution is -0.114. The molecule has 1 N–H and O–H groups in total. The maximum atomic E-state index is 13.4. The molecule has 0 bridgehead atoms. The van der Waals surface area contributed by atoms with Crippen molar-refractivity contribution in [1.82, 2.24) is 0 Å². The largest absolute Gasteiger partial charge is 0.497 e. The van der Waals surface area contributed by atoms with E-state index in [2.05, 4.69) is 5.32 Å². The summed E-state index contributed by atoms with van der Waals surface area (Å²) in [6.45, 7) is -0.616. The van der Waals surface area contributed by atoms with E-state index >= 15 is 0 Å². The topological polar surface area (TPSA) is 75.7 Å². The maximum absolute atomic E-state index is 13.4. The van der Waals surface area contributed by atoms with Gasteiger partial charge in [-0.05, 0) is 66.7 Å². The lowest BCUT2D eigenvalue weighted by Crippen LogP contribution is -2.38. The number of benzene rings is 3. The molecule has 0 aliphatic heterocycles. The lowest BCUT2D eigenvalue weighted by atomic mass is 10.3. The van der Waals surface area contributed by atoms with Crippen LogP contribution in [0.4, 0.5) is 20.2 Å². The average Bonchev–Trinajstić information content (AvgIpc) is 2.75. The molecule has 0 atom stereocenters. The molecule has 1 amide bonds. The summed E-state index contributed by atoms with van der Waals surface area (Å²) >= 11 is 5.71. The second-order valence-electron chi connectivity index (χ2n) is 6.34. The third-order valence-electron chi connectivity index (χ3n) is 4.25. The monoisotopic (exact) mass is 466 g/mol. The second kappa shape index (κ2) is 9.32. The van der Waals surface area contributed by atoms with Crippen molar-refractivity contribution in [3.63, 3.8) is 0 Å². The molecule has 0 fully saturated rings. The molecule has 0 aliphatic rings. The van der Waals surface area contributed by atoms with E-state index in [0.717, 1.165) is 22.5 Å². The van der Waals surface area contributed by atoms with Gasteiger partial charge in [-0.25, -0.2) is 17.2 Å². The Hall–Kier alpha value is -3.17. The summed E-state index contributed by atoms with van der Waals surface area (Å²) < 4.78 is 59.1. The molecule has 0 radical (unpaired) electrons. The van der Waals surface area contributed by atoms with Crippen LogP contribution in [-0.2, 0) is 14.8 Å². The number of carbonyl (C=O) groups excluding carboxylic acids is 1. The van der Waals surface area contributed by atoms with Crippen LogP contribution in [0.25, 0.3) is 0 Å². The van der Waals surface area contributed by atoms with E-state index in [1.807, 2.05) is 0 Å². The quantitative estimate of drug-likeness (QED) is 0.557. The highest BCUT2D eigenvalue weighted by atomic mass is 35.5. The number of methoxy groups -OCH3 is 1. The number of nitrogens with one attached hydrogen (secondary N) is 1. The van der Waals surface area contributed by atoms with Gasteiger partial charge in [-0.15, -0.1) is 0 Å². The van der Waals surface area contributed by atoms with Gasteiger partial charge >= 0.3 is 0 Å². The summed E-state index contributed by atoms with van der Waals surface area (Å²) in [6, 6.07) is 13.8. The molecule has 6 nitrogen and oxygen atoms in total. The zero-order valence-electron chi connectivity index (χ0n) is 16.2. The normalized spacial score (nSPS) is 11.1. The van der Waals surface area contributed by atoms with Gasteiger partial charge in [-0.3, -0.25) is 9.10 Å². The Kier molecular flexibility index (Phi) is 6.77. The number of ether oxygens (including phenoxy) is 1. The Morgan fingerprint density at radius 1 is 1.03 bits per heavy atom. The zero-order chi connectivity index (χ0) is 22.6. The number of anilines is 2. The van der Waals surface area contributed by atoms with Crippen molar-refractivity contribution >= 4 is 38.9 Å². The summed E-state index contributed by atoms with van der Waals surface area (Å²) in [4.78, 5) is 12.5. The van der Waals surface area contributed by atoms with Crippen LogP contribution in [0.2, 0.25) is 5.02 Å². The van der Waals surface area contributed by atoms with E-state index in [1.54, 1.807) is 0 Å². The van der Waals surface area contributed by atoms with Crippen molar-refractivity contribution in [2.45, 2.75) is 4.90 Å². The van der Waals surface area contributed by atoms with Crippen molar-refractivity contribution in [2.24, 2.45) is 0 Å². The summed E-state index contributed by atoms with van der Waals surface area (Å²) in [6.07, 6.45) is 0. The Morgan fingerprint density at radius 2 is 1.68 bits per heavy atom. The minimum absolute atomic E-state index is 0.0875. The number of nitrogens with zero attached hydrogens (tertiary/aromatic N) is 1. The first-order valence-electron chi connectivity index (χ1n) is 8.88. The van der Waals surface area contributed by atoms with Gasteiger partial charge in [0.25, 0.3) is 10.0 Å². The molecule has 31 heavy (non-hydrogen) atoms. The highest BCUT2D eigenvalue weighted by molar-refractivity contribution is 7.92. The average molecular weight is 467 g/mol. The predicted molar refractivity (Wildman–Crippen MR) is 114 cm³/mol. The van der Waals surface area contributed by atoms with Crippen LogP contribution in [0.5, 0.6) is 5.75 Å². The molecule has 0 heterocycles. The van der Waals surface area contributed by atoms with Gasteiger partial charge in [-0.2, -0.15) is 0 Å². The smallest absolute Gasteiger partial charge is 0.264 e. The van der Waals surface area contributed by atoms with Gasteiger partial charge in [0.2, 0.25) is 5.91 Å². The minimum Gasteiger partial charge on any atom is -0.497 e. The number of carbonyl (C=O) groups is 1. The first-order valence-corrected chi connectivity index (χ1v) is 10.7. The van der Waals surface area contributed by atoms with Gasteiger partial charge in [0.15, 0.2) is 0 Å². The first-order chi connectivity index (χ1) is 14.7. The van der Waals surface area contributed by atoms with E-state index in [-0.39, 0.29) is 21.3 Å². The van der Waals surface area contributed by atoms with Gasteiger partial charge in [-0.1, -0.05) is 11.6 Å². The number of sulfonamides is 1. The molecule has 3 aromatic rings. The van der Waals surface area contributed by atoms with Crippen LogP contribution in [0.15, 0.2) is 71.6 Å². The van der Waals surface area contributed by atoms with E-state index in [0.29, 0.717) is 5.75 Å². The molecule has 0 unspecified atom stereocenters. The van der Waals surface area contributed by atoms with Crippen molar-refractivity contribution in [2.75, 3.05) is 23.3 Å². The molecule has 0 spiro atoms. The summed E-state index contributed by atoms with van der Waals surface area (Å²) in [5.74, 6) is -1.46. The fraction of sp³-hybridized carbons (Fsp3) is 0.0952. The fourth-order valence-corrected chi connectivity index (χ4v) is 4.30. The Balaban J connectivity index is 1.92. The molecular formula is C21H17ClF2N2O4S. The van der Waals surface area contributed by atoms with E-state index in [4.69, 9.17) is 16.3 Å². The van der Waals surface area contributed by atoms with Gasteiger partial charge in [0, 0.05) is 5.69 Å². The zero-order valence-corrected chi connectivity index (χ0v) is 17.8. The van der Waals surface area contributed by atoms with Crippen LogP contribution in [-0.4, -0.2) is 28.0 Å². The molecule has 0 saturated carbocycles. The van der Waals surface area contributed by atoms with Crippen molar-refractivity contribution in [3.05, 3.63) is 83.4 Å². The number of rotatable bonds is 7. The molecule has 3 rings (SSSR count). The summed E-state index contributed by atoms with van der Waals surface area (Å²) in [7, 11) is -2.74. The highest BCUT2D eigenvalue weighted by Crippen LogP contribution is 2.26. The van der Waals surface area contributed by atoms with Crippen LogP contribution >= 0.6 is 11.6 Å². The molecule has 0 saturated heterocycles. The first kappa shape index (κ1) is 22.5. The Labute approximate surface area is 183 Å². The van der Waals surface area contributed by atoms with Crippen molar-refractivity contribution < 1.29 is 26.7 Å². The van der Waals surface area contributed by atoms with Crippen LogP contribution in [0, 0.1) is 11.6 Å². The van der Waals surface area contributed by atoms with Crippen molar-refractivity contribution in [1.29, 1.82) is 0 Å². The molecular weight excluding hydrogens is 450 g/mol. The van der Waals surface area contributed by atoms with Gasteiger partial charge in [0.1, 0.15) is 23.9 Å². The van der Waals surface area contributed by atoms with Gasteiger partial charge in [0.05, 0.1) is 22.7 Å². The van der Waals surface area contributed by atoms with Crippen LogP contribution < -0.4 is 14.4 Å². The maximum Gasteiger partial charge on any atom is 0.264 e. The number of hydrogen-bond acceptors (Lipinski definition) is 4. The summed E-state index contributed by atoms with van der Waals surface area (Å²) in [5.41, 5.74) is 0.279. The van der Waals surface area contributed by atoms with E-state index in [9.17, 15) is 22.0 Å². The fourth-order valence-electron chi connectivity index (χ4n) is 2.70.